The average Bonchev–Trinajstić information content (AvgIpc) is 3.84. The highest BCUT2D eigenvalue weighted by Gasteiger charge is 2.45. The molecule has 1 aromatic rings. The predicted octanol–water partition coefficient (Wildman–Crippen LogP) is -0.127. The van der Waals surface area contributed by atoms with Crippen molar-refractivity contribution in [2.24, 2.45) is 17.8 Å². The molecule has 2 fully saturated rings. The number of carbonyl (C=O) groups excluding carboxylic acids is 10. The highest BCUT2D eigenvalue weighted by Crippen LogP contribution is 2.32. The van der Waals surface area contributed by atoms with Crippen molar-refractivity contribution in [2.45, 2.75) is 104 Å². The molecule has 7 N–H and O–H groups in total. The van der Waals surface area contributed by atoms with Gasteiger partial charge in [0.2, 0.25) is 41.4 Å². The largest absolute Gasteiger partial charge is 0.463 e. The van der Waals surface area contributed by atoms with E-state index in [1.165, 1.54) is 25.1 Å². The van der Waals surface area contributed by atoms with Crippen LogP contribution < -0.4 is 37.2 Å². The van der Waals surface area contributed by atoms with Gasteiger partial charge in [-0.3, -0.25) is 53.4 Å². The third-order valence-electron chi connectivity index (χ3n) is 11.5. The van der Waals surface area contributed by atoms with Crippen molar-refractivity contribution in [3.05, 3.63) is 41.5 Å². The summed E-state index contributed by atoms with van der Waals surface area (Å²) in [4.78, 5) is 129. The smallest absolute Gasteiger partial charge is 0.330 e. The second-order valence-electron chi connectivity index (χ2n) is 17.9. The number of rotatable bonds is 31. The molecule has 0 bridgehead atoms. The molecule has 2 saturated heterocycles. The van der Waals surface area contributed by atoms with Gasteiger partial charge in [0.1, 0.15) is 30.8 Å². The van der Waals surface area contributed by atoms with Crippen LogP contribution in [-0.2, 0) is 62.0 Å². The van der Waals surface area contributed by atoms with Gasteiger partial charge in [0.05, 0.1) is 64.0 Å². The monoisotopic (exact) mass is 998 g/mol. The quantitative estimate of drug-likeness (QED) is 0.0221. The number of hydrogen-bond acceptors (Lipinski definition) is 16. The zero-order valence-electron chi connectivity index (χ0n) is 41.4. The maximum atomic E-state index is 13.7. The van der Waals surface area contributed by atoms with Gasteiger partial charge in [-0.2, -0.15) is 0 Å². The molecule has 4 rings (SSSR count). The molecule has 0 radical (unpaired) electrons. The molecule has 0 aromatic heterocycles. The number of carbonyl (C=O) groups is 10. The highest BCUT2D eigenvalue weighted by atomic mass is 16.6. The van der Waals surface area contributed by atoms with Gasteiger partial charge < -0.3 is 55.6 Å². The molecule has 9 amide bonds. The lowest BCUT2D eigenvalue weighted by Gasteiger charge is -2.28. The molecule has 392 valence electrons. The van der Waals surface area contributed by atoms with E-state index in [1.807, 2.05) is 13.8 Å². The summed E-state index contributed by atoms with van der Waals surface area (Å²) in [6.45, 7) is 12.6. The van der Waals surface area contributed by atoms with E-state index >= 15 is 0 Å². The van der Waals surface area contributed by atoms with E-state index in [9.17, 15) is 47.9 Å². The minimum Gasteiger partial charge on any atom is -0.463 e. The van der Waals surface area contributed by atoms with Gasteiger partial charge in [-0.05, 0) is 63.5 Å². The van der Waals surface area contributed by atoms with Crippen molar-refractivity contribution >= 4 is 64.8 Å². The molecule has 0 spiro atoms. The molecule has 71 heavy (non-hydrogen) atoms. The summed E-state index contributed by atoms with van der Waals surface area (Å²) in [6, 6.07) is -0.0659. The molecule has 0 aliphatic carbocycles. The fraction of sp³-hybridized carbons (Fsp3) is 0.625. The van der Waals surface area contributed by atoms with Crippen molar-refractivity contribution < 1.29 is 71.6 Å². The van der Waals surface area contributed by atoms with Gasteiger partial charge in [-0.25, -0.2) is 4.79 Å². The maximum Gasteiger partial charge on any atom is 0.330 e. The lowest BCUT2D eigenvalue weighted by molar-refractivity contribution is -0.138. The van der Waals surface area contributed by atoms with Crippen LogP contribution in [0.15, 0.2) is 30.4 Å². The molecule has 23 nitrogen and oxygen atoms in total. The lowest BCUT2D eigenvalue weighted by Crippen LogP contribution is -2.58. The number of nitrogens with zero attached hydrogens (tertiary/aromatic N) is 1. The molecule has 3 aliphatic rings. The van der Waals surface area contributed by atoms with Gasteiger partial charge in [-0.15, -0.1) is 0 Å². The second-order valence-corrected chi connectivity index (χ2v) is 17.9. The number of ether oxygens (including phenoxy) is 5. The molecular formula is C48H70N8O15. The molecule has 3 heterocycles. The van der Waals surface area contributed by atoms with E-state index in [0.29, 0.717) is 25.2 Å². The number of fused-ring (bicyclic) bond motifs is 1. The minimum absolute atomic E-state index is 0.0218. The van der Waals surface area contributed by atoms with E-state index in [4.69, 9.17) is 23.7 Å². The summed E-state index contributed by atoms with van der Waals surface area (Å²) in [6.07, 6.45) is 3.83. The van der Waals surface area contributed by atoms with Gasteiger partial charge in [0.15, 0.2) is 0 Å². The summed E-state index contributed by atoms with van der Waals surface area (Å²) >= 11 is 0. The number of amides is 9. The Hall–Kier alpha value is -6.30. The minimum atomic E-state index is -1.06. The fourth-order valence-corrected chi connectivity index (χ4v) is 7.90. The Bertz CT molecular complexity index is 2100. The Morgan fingerprint density at radius 2 is 1.45 bits per heavy atom. The van der Waals surface area contributed by atoms with Crippen molar-refractivity contribution in [1.29, 1.82) is 0 Å². The van der Waals surface area contributed by atoms with E-state index in [-0.39, 0.29) is 114 Å². The first-order chi connectivity index (χ1) is 33.9. The lowest BCUT2D eigenvalue weighted by atomic mass is 9.96. The number of imide groups is 2. The van der Waals surface area contributed by atoms with Gasteiger partial charge in [-0.1, -0.05) is 39.8 Å². The van der Waals surface area contributed by atoms with Crippen molar-refractivity contribution in [3.8, 4) is 0 Å². The van der Waals surface area contributed by atoms with Gasteiger partial charge in [0.25, 0.3) is 11.8 Å². The summed E-state index contributed by atoms with van der Waals surface area (Å²) in [5, 5.41) is 18.9. The number of anilines is 1. The zero-order chi connectivity index (χ0) is 52.0. The van der Waals surface area contributed by atoms with Crippen LogP contribution in [0.4, 0.5) is 5.69 Å². The highest BCUT2D eigenvalue weighted by molar-refractivity contribution is 6.25. The standard InChI is InChI=1S/C48H70N8O15/c1-7-71-39(59)14-11-32(26-31-15-16-50-43(31)61)52-44(62)35(25-28(2)3)53-46(64)41(29(4)5)55-42(60)30(6)51-38(58)27-70-24-23-69-22-21-68-20-19-67-18-17-49-34-10-8-9-33-40(34)48(66)56(47(33)65)36-12-13-37(57)54-45(36)63/h8-11,14,28-32,35-36,41,49H,7,12-13,15-27H2,1-6H3,(H,50,61)(H,51,58)(H,52,62)(H,53,64)(H,55,60)(H,54,57,63)/b14-11+/t30-,31-,32+,35-,36?,41-/m0/s1. The third kappa shape index (κ3) is 18.1. The Kier molecular flexibility index (Phi) is 23.5. The normalized spacial score (nSPS) is 18.4. The molecule has 23 heteroatoms. The van der Waals surface area contributed by atoms with Crippen LogP contribution in [0, 0.1) is 17.8 Å². The predicted molar refractivity (Wildman–Crippen MR) is 254 cm³/mol. The van der Waals surface area contributed by atoms with E-state index in [2.05, 4.69) is 37.2 Å². The van der Waals surface area contributed by atoms with Crippen LogP contribution in [0.5, 0.6) is 0 Å². The van der Waals surface area contributed by atoms with E-state index in [0.717, 1.165) is 4.90 Å². The molecule has 1 aromatic carbocycles. The number of piperidine rings is 1. The Labute approximate surface area is 413 Å². The van der Waals surface area contributed by atoms with Crippen LogP contribution in [0.3, 0.4) is 0 Å². The van der Waals surface area contributed by atoms with Crippen molar-refractivity contribution in [1.82, 2.24) is 36.8 Å². The molecule has 1 unspecified atom stereocenters. The second kappa shape index (κ2) is 29.1. The number of benzene rings is 1. The first-order valence-corrected chi connectivity index (χ1v) is 24.1. The zero-order valence-corrected chi connectivity index (χ0v) is 41.4. The molecule has 3 aliphatic heterocycles. The van der Waals surface area contributed by atoms with Crippen LogP contribution in [0.1, 0.15) is 94.4 Å². The number of nitrogens with one attached hydrogen (secondary N) is 7. The van der Waals surface area contributed by atoms with Gasteiger partial charge >= 0.3 is 5.97 Å². The first-order valence-electron chi connectivity index (χ1n) is 24.1. The summed E-state index contributed by atoms with van der Waals surface area (Å²) in [5.74, 6) is -6.20. The molecule has 6 atom stereocenters. The summed E-state index contributed by atoms with van der Waals surface area (Å²) in [5.41, 5.74) is 0.766. The summed E-state index contributed by atoms with van der Waals surface area (Å²) < 4.78 is 26.9. The average molecular weight is 999 g/mol. The molecule has 0 saturated carbocycles. The third-order valence-corrected chi connectivity index (χ3v) is 11.5. The Morgan fingerprint density at radius 1 is 0.775 bits per heavy atom. The first kappa shape index (κ1) is 57.3. The Balaban J connectivity index is 1.08. The van der Waals surface area contributed by atoms with Crippen LogP contribution in [0.25, 0.3) is 0 Å². The SMILES string of the molecule is CCOC(=O)/C=C/[C@H](C[C@@H]1CCNC1=O)NC(=O)[C@H](CC(C)C)NC(=O)[C@@H](NC(=O)[C@H](C)NC(=O)COCCOCCOCCOCCNc1cccc2c1C(=O)N(C1CCC(=O)NC1=O)C2=O)C(C)C. The van der Waals surface area contributed by atoms with Crippen LogP contribution >= 0.6 is 0 Å². The van der Waals surface area contributed by atoms with Crippen LogP contribution in [0.2, 0.25) is 0 Å². The summed E-state index contributed by atoms with van der Waals surface area (Å²) in [7, 11) is 0. The van der Waals surface area contributed by atoms with Gasteiger partial charge in [0, 0.05) is 43.2 Å². The topological polar surface area (TPSA) is 304 Å². The Morgan fingerprint density at radius 3 is 2.07 bits per heavy atom. The molecular weight excluding hydrogens is 929 g/mol. The van der Waals surface area contributed by atoms with E-state index in [1.54, 1.807) is 32.9 Å². The van der Waals surface area contributed by atoms with Crippen LogP contribution in [-0.4, -0.2) is 167 Å². The number of hydrogen-bond donors (Lipinski definition) is 7. The van der Waals surface area contributed by atoms with E-state index < -0.39 is 89.4 Å². The fourth-order valence-electron chi connectivity index (χ4n) is 7.90. The number of esters is 1. The van der Waals surface area contributed by atoms with Crippen molar-refractivity contribution in [2.75, 3.05) is 77.9 Å². The maximum absolute atomic E-state index is 13.7. The van der Waals surface area contributed by atoms with Crippen molar-refractivity contribution in [3.63, 3.8) is 0 Å².